The first-order chi connectivity index (χ1) is 14.8. The van der Waals surface area contributed by atoms with Crippen LogP contribution < -0.4 is 5.56 Å². The lowest BCUT2D eigenvalue weighted by Gasteiger charge is -2.12. The SMILES string of the molecule is O=c1c2c3nc4ccccc4nc3n(C[C@H]3CCCO3)c2ncn1Cc1cccs1. The Bertz CT molecular complexity index is 1430. The van der Waals surface area contributed by atoms with Gasteiger partial charge in [0.25, 0.3) is 5.56 Å². The highest BCUT2D eigenvalue weighted by Gasteiger charge is 2.23. The van der Waals surface area contributed by atoms with Crippen molar-refractivity contribution in [1.82, 2.24) is 24.1 Å². The molecule has 0 amide bonds. The first-order valence-corrected chi connectivity index (χ1v) is 10.9. The van der Waals surface area contributed by atoms with Gasteiger partial charge in [0.1, 0.15) is 17.2 Å². The van der Waals surface area contributed by atoms with Crippen LogP contribution in [0.3, 0.4) is 0 Å². The molecule has 150 valence electrons. The third-order valence-electron chi connectivity index (χ3n) is 5.63. The number of hydrogen-bond donors (Lipinski definition) is 0. The van der Waals surface area contributed by atoms with Gasteiger partial charge in [-0.15, -0.1) is 11.3 Å². The summed E-state index contributed by atoms with van der Waals surface area (Å²) in [5, 5.41) is 2.54. The molecule has 1 saturated heterocycles. The van der Waals surface area contributed by atoms with Crippen LogP contribution in [0.15, 0.2) is 52.9 Å². The lowest BCUT2D eigenvalue weighted by atomic mass is 10.2. The van der Waals surface area contributed by atoms with E-state index in [0.717, 1.165) is 35.4 Å². The van der Waals surface area contributed by atoms with Crippen molar-refractivity contribution in [1.29, 1.82) is 0 Å². The number of thiophene rings is 1. The van der Waals surface area contributed by atoms with Gasteiger partial charge in [-0.25, -0.2) is 15.0 Å². The number of benzene rings is 1. The van der Waals surface area contributed by atoms with Crippen molar-refractivity contribution in [2.75, 3.05) is 6.61 Å². The molecule has 1 aromatic carbocycles. The largest absolute Gasteiger partial charge is 0.376 e. The predicted molar refractivity (Wildman–Crippen MR) is 117 cm³/mol. The Morgan fingerprint density at radius 3 is 2.73 bits per heavy atom. The fourth-order valence-corrected chi connectivity index (χ4v) is 4.89. The molecule has 6 rings (SSSR count). The van der Waals surface area contributed by atoms with Gasteiger partial charge in [-0.1, -0.05) is 18.2 Å². The minimum atomic E-state index is -0.0888. The van der Waals surface area contributed by atoms with Gasteiger partial charge < -0.3 is 9.30 Å². The second-order valence-corrected chi connectivity index (χ2v) is 8.62. The quantitative estimate of drug-likeness (QED) is 0.447. The molecule has 8 heteroatoms. The highest BCUT2D eigenvalue weighted by Crippen LogP contribution is 2.27. The fraction of sp³-hybridized carbons (Fsp3) is 0.273. The van der Waals surface area contributed by atoms with Crippen molar-refractivity contribution < 1.29 is 4.74 Å². The summed E-state index contributed by atoms with van der Waals surface area (Å²) < 4.78 is 9.52. The van der Waals surface area contributed by atoms with E-state index < -0.39 is 0 Å². The number of hydrogen-bond acceptors (Lipinski definition) is 6. The molecular weight excluding hydrogens is 398 g/mol. The monoisotopic (exact) mass is 417 g/mol. The molecule has 0 unspecified atom stereocenters. The molecule has 4 aromatic heterocycles. The smallest absolute Gasteiger partial charge is 0.265 e. The molecular formula is C22H19N5O2S. The van der Waals surface area contributed by atoms with Crippen LogP contribution >= 0.6 is 11.3 Å². The molecule has 0 spiro atoms. The summed E-state index contributed by atoms with van der Waals surface area (Å²) in [6.45, 7) is 1.89. The third kappa shape index (κ3) is 2.83. The van der Waals surface area contributed by atoms with E-state index in [4.69, 9.17) is 14.7 Å². The minimum absolute atomic E-state index is 0.0888. The molecule has 5 aromatic rings. The maximum Gasteiger partial charge on any atom is 0.265 e. The molecule has 0 aliphatic carbocycles. The van der Waals surface area contributed by atoms with Crippen molar-refractivity contribution in [2.24, 2.45) is 0 Å². The van der Waals surface area contributed by atoms with Crippen LogP contribution in [-0.4, -0.2) is 36.8 Å². The van der Waals surface area contributed by atoms with Crippen LogP contribution in [0.1, 0.15) is 17.7 Å². The van der Waals surface area contributed by atoms with Crippen LogP contribution in [0.4, 0.5) is 0 Å². The summed E-state index contributed by atoms with van der Waals surface area (Å²) >= 11 is 1.63. The molecule has 0 bridgehead atoms. The predicted octanol–water partition coefficient (Wildman–Crippen LogP) is 3.58. The zero-order valence-corrected chi connectivity index (χ0v) is 17.0. The number of fused-ring (bicyclic) bond motifs is 4. The standard InChI is InChI=1S/C22H19N5O2S/c28-22-18-19-21(25-17-8-2-1-7-16(17)24-19)27(11-14-5-3-9-29-14)20(18)23-13-26(22)12-15-6-4-10-30-15/h1-2,4,6-8,10,13-14H,3,5,9,11-12H2/t14-/m1/s1. The highest BCUT2D eigenvalue weighted by atomic mass is 32.1. The number of aromatic nitrogens is 5. The summed E-state index contributed by atoms with van der Waals surface area (Å²) in [7, 11) is 0. The lowest BCUT2D eigenvalue weighted by Crippen LogP contribution is -2.21. The number of ether oxygens (including phenoxy) is 1. The average molecular weight is 417 g/mol. The maximum atomic E-state index is 13.5. The van der Waals surface area contributed by atoms with Gasteiger partial charge in [-0.3, -0.25) is 9.36 Å². The van der Waals surface area contributed by atoms with E-state index in [0.29, 0.717) is 35.3 Å². The minimum Gasteiger partial charge on any atom is -0.376 e. The van der Waals surface area contributed by atoms with Crippen LogP contribution in [0.5, 0.6) is 0 Å². The highest BCUT2D eigenvalue weighted by molar-refractivity contribution is 7.09. The normalized spacial score (nSPS) is 16.9. The fourth-order valence-electron chi connectivity index (χ4n) is 4.19. The lowest BCUT2D eigenvalue weighted by molar-refractivity contribution is 0.0987. The molecule has 1 aliphatic rings. The first-order valence-electron chi connectivity index (χ1n) is 10.1. The van der Waals surface area contributed by atoms with Crippen LogP contribution in [0, 0.1) is 0 Å². The van der Waals surface area contributed by atoms with Gasteiger partial charge in [-0.05, 0) is 36.4 Å². The molecule has 1 atom stereocenters. The van der Waals surface area contributed by atoms with E-state index in [1.165, 1.54) is 0 Å². The van der Waals surface area contributed by atoms with E-state index in [9.17, 15) is 4.79 Å². The van der Waals surface area contributed by atoms with Crippen molar-refractivity contribution in [2.45, 2.75) is 32.0 Å². The first kappa shape index (κ1) is 17.7. The van der Waals surface area contributed by atoms with E-state index in [2.05, 4.69) is 4.98 Å². The van der Waals surface area contributed by atoms with Crippen LogP contribution in [0.25, 0.3) is 33.2 Å². The maximum absolute atomic E-state index is 13.5. The molecule has 0 radical (unpaired) electrons. The van der Waals surface area contributed by atoms with Crippen molar-refractivity contribution in [3.8, 4) is 0 Å². The molecule has 1 fully saturated rings. The van der Waals surface area contributed by atoms with Gasteiger partial charge in [0.05, 0.1) is 30.2 Å². The van der Waals surface area contributed by atoms with Crippen LogP contribution in [0.2, 0.25) is 0 Å². The zero-order chi connectivity index (χ0) is 20.1. The van der Waals surface area contributed by atoms with Gasteiger partial charge in [0.15, 0.2) is 11.3 Å². The third-order valence-corrected chi connectivity index (χ3v) is 6.50. The topological polar surface area (TPSA) is 74.8 Å². The molecule has 0 N–H and O–H groups in total. The van der Waals surface area contributed by atoms with E-state index in [1.54, 1.807) is 22.2 Å². The molecule has 0 saturated carbocycles. The molecule has 5 heterocycles. The van der Waals surface area contributed by atoms with Crippen molar-refractivity contribution in [3.05, 3.63) is 63.3 Å². The van der Waals surface area contributed by atoms with E-state index >= 15 is 0 Å². The molecule has 7 nitrogen and oxygen atoms in total. The zero-order valence-electron chi connectivity index (χ0n) is 16.2. The van der Waals surface area contributed by atoms with Gasteiger partial charge in [0.2, 0.25) is 0 Å². The van der Waals surface area contributed by atoms with E-state index in [1.807, 2.05) is 46.3 Å². The van der Waals surface area contributed by atoms with Gasteiger partial charge in [-0.2, -0.15) is 0 Å². The average Bonchev–Trinajstić information content (AvgIpc) is 3.51. The Balaban J connectivity index is 1.62. The molecule has 30 heavy (non-hydrogen) atoms. The van der Waals surface area contributed by atoms with Crippen LogP contribution in [-0.2, 0) is 17.8 Å². The summed E-state index contributed by atoms with van der Waals surface area (Å²) in [6.07, 6.45) is 3.79. The Morgan fingerprint density at radius 2 is 1.97 bits per heavy atom. The number of nitrogens with zero attached hydrogens (tertiary/aromatic N) is 5. The molecule has 1 aliphatic heterocycles. The van der Waals surface area contributed by atoms with Gasteiger partial charge in [0, 0.05) is 11.5 Å². The summed E-state index contributed by atoms with van der Waals surface area (Å²) in [5.41, 5.74) is 3.42. The summed E-state index contributed by atoms with van der Waals surface area (Å²) in [5.74, 6) is 0. The van der Waals surface area contributed by atoms with Crippen molar-refractivity contribution >= 4 is 44.6 Å². The second kappa shape index (κ2) is 7.00. The number of rotatable bonds is 4. The van der Waals surface area contributed by atoms with Gasteiger partial charge >= 0.3 is 0 Å². The Labute approximate surface area is 175 Å². The summed E-state index contributed by atoms with van der Waals surface area (Å²) in [4.78, 5) is 29.0. The Hall–Kier alpha value is -3.10. The second-order valence-electron chi connectivity index (χ2n) is 7.59. The Kier molecular flexibility index (Phi) is 4.14. The van der Waals surface area contributed by atoms with E-state index in [-0.39, 0.29) is 11.7 Å². The number of para-hydroxylation sites is 2. The Morgan fingerprint density at radius 1 is 1.10 bits per heavy atom. The summed E-state index contributed by atoms with van der Waals surface area (Å²) in [6, 6.07) is 11.8. The van der Waals surface area contributed by atoms with Crippen molar-refractivity contribution in [3.63, 3.8) is 0 Å².